The third-order valence-corrected chi connectivity index (χ3v) is 3.38. The highest BCUT2D eigenvalue weighted by atomic mass is 14.2. The molecule has 0 bridgehead atoms. The van der Waals surface area contributed by atoms with Gasteiger partial charge in [0.15, 0.2) is 0 Å². The molecular weight excluding hydrogens is 216 g/mol. The summed E-state index contributed by atoms with van der Waals surface area (Å²) in [5.74, 6) is 0. The van der Waals surface area contributed by atoms with Gasteiger partial charge in [0.2, 0.25) is 0 Å². The van der Waals surface area contributed by atoms with Crippen molar-refractivity contribution >= 4 is 11.1 Å². The normalized spacial score (nSPS) is 14.8. The maximum absolute atomic E-state index is 2.32. The molecular formula is C18H16. The Morgan fingerprint density at radius 1 is 0.722 bits per heavy atom. The third-order valence-electron chi connectivity index (χ3n) is 3.38. The summed E-state index contributed by atoms with van der Waals surface area (Å²) in [7, 11) is 0. The first-order valence-electron chi connectivity index (χ1n) is 6.36. The SMILES string of the molecule is CC1=CC(c2ccccc2)=C(c2ccccc2)C1. The Morgan fingerprint density at radius 3 is 1.89 bits per heavy atom. The van der Waals surface area contributed by atoms with Gasteiger partial charge in [0.05, 0.1) is 0 Å². The number of hydrogen-bond donors (Lipinski definition) is 0. The molecule has 0 aliphatic heterocycles. The van der Waals surface area contributed by atoms with Gasteiger partial charge in [-0.15, -0.1) is 0 Å². The minimum absolute atomic E-state index is 1.06. The average molecular weight is 232 g/mol. The molecule has 0 saturated heterocycles. The predicted molar refractivity (Wildman–Crippen MR) is 78.1 cm³/mol. The highest BCUT2D eigenvalue weighted by Gasteiger charge is 2.15. The van der Waals surface area contributed by atoms with Gasteiger partial charge in [-0.2, -0.15) is 0 Å². The molecule has 18 heavy (non-hydrogen) atoms. The van der Waals surface area contributed by atoms with E-state index in [1.54, 1.807) is 0 Å². The van der Waals surface area contributed by atoms with Crippen molar-refractivity contribution in [1.29, 1.82) is 0 Å². The fourth-order valence-corrected chi connectivity index (χ4v) is 2.53. The average Bonchev–Trinajstić information content (AvgIpc) is 2.83. The van der Waals surface area contributed by atoms with Crippen molar-refractivity contribution in [2.75, 3.05) is 0 Å². The van der Waals surface area contributed by atoms with Gasteiger partial charge in [-0.25, -0.2) is 0 Å². The second-order valence-corrected chi connectivity index (χ2v) is 4.79. The number of rotatable bonds is 2. The zero-order valence-corrected chi connectivity index (χ0v) is 10.6. The Labute approximate surface area is 108 Å². The van der Waals surface area contributed by atoms with Crippen LogP contribution in [0.3, 0.4) is 0 Å². The van der Waals surface area contributed by atoms with Crippen molar-refractivity contribution in [1.82, 2.24) is 0 Å². The zero-order chi connectivity index (χ0) is 12.4. The van der Waals surface area contributed by atoms with E-state index in [9.17, 15) is 0 Å². The van der Waals surface area contributed by atoms with Crippen LogP contribution in [0.4, 0.5) is 0 Å². The molecule has 0 heterocycles. The lowest BCUT2D eigenvalue weighted by Crippen LogP contribution is -1.86. The van der Waals surface area contributed by atoms with Crippen molar-refractivity contribution in [3.05, 3.63) is 83.4 Å². The molecule has 0 fully saturated rings. The minimum Gasteiger partial charge on any atom is -0.0683 e. The quantitative estimate of drug-likeness (QED) is 0.687. The minimum atomic E-state index is 1.06. The van der Waals surface area contributed by atoms with Crippen molar-refractivity contribution in [2.24, 2.45) is 0 Å². The lowest BCUT2D eigenvalue weighted by molar-refractivity contribution is 1.26. The van der Waals surface area contributed by atoms with E-state index < -0.39 is 0 Å². The van der Waals surface area contributed by atoms with Crippen LogP contribution in [0.2, 0.25) is 0 Å². The molecule has 0 spiro atoms. The van der Waals surface area contributed by atoms with Crippen molar-refractivity contribution in [3.8, 4) is 0 Å². The maximum atomic E-state index is 2.32. The Balaban J connectivity index is 2.12. The Kier molecular flexibility index (Phi) is 2.85. The Bertz CT molecular complexity index is 601. The summed E-state index contributed by atoms with van der Waals surface area (Å²) in [5, 5.41) is 0. The lowest BCUT2D eigenvalue weighted by Gasteiger charge is -2.08. The van der Waals surface area contributed by atoms with Crippen molar-refractivity contribution in [2.45, 2.75) is 13.3 Å². The van der Waals surface area contributed by atoms with Gasteiger partial charge in [-0.05, 0) is 35.6 Å². The molecule has 0 atom stereocenters. The number of benzene rings is 2. The summed E-state index contributed by atoms with van der Waals surface area (Å²) in [6.07, 6.45) is 3.38. The summed E-state index contributed by atoms with van der Waals surface area (Å²) in [6, 6.07) is 21.3. The van der Waals surface area contributed by atoms with E-state index in [-0.39, 0.29) is 0 Å². The second kappa shape index (κ2) is 4.66. The highest BCUT2D eigenvalue weighted by Crippen LogP contribution is 2.38. The van der Waals surface area contributed by atoms with Gasteiger partial charge >= 0.3 is 0 Å². The van der Waals surface area contributed by atoms with E-state index in [1.807, 2.05) is 0 Å². The molecule has 0 heteroatoms. The number of hydrogen-bond acceptors (Lipinski definition) is 0. The monoisotopic (exact) mass is 232 g/mol. The summed E-state index contributed by atoms with van der Waals surface area (Å²) in [6.45, 7) is 2.21. The molecule has 1 aliphatic carbocycles. The van der Waals surface area contributed by atoms with Gasteiger partial charge in [0.25, 0.3) is 0 Å². The first-order valence-corrected chi connectivity index (χ1v) is 6.36. The van der Waals surface area contributed by atoms with Gasteiger partial charge in [-0.3, -0.25) is 0 Å². The molecule has 0 saturated carbocycles. The van der Waals surface area contributed by atoms with Gasteiger partial charge in [0.1, 0.15) is 0 Å². The standard InChI is InChI=1S/C18H16/c1-14-12-17(15-8-4-2-5-9-15)18(13-14)16-10-6-3-7-11-16/h2-12H,13H2,1H3. The zero-order valence-electron chi connectivity index (χ0n) is 10.6. The number of allylic oxidation sites excluding steroid dienone is 4. The van der Waals surface area contributed by atoms with E-state index >= 15 is 0 Å². The molecule has 0 unspecified atom stereocenters. The molecule has 1 aliphatic rings. The van der Waals surface area contributed by atoms with Crippen LogP contribution in [-0.4, -0.2) is 0 Å². The van der Waals surface area contributed by atoms with Gasteiger partial charge < -0.3 is 0 Å². The van der Waals surface area contributed by atoms with Gasteiger partial charge in [0, 0.05) is 0 Å². The van der Waals surface area contributed by atoms with Gasteiger partial charge in [-0.1, -0.05) is 72.3 Å². The largest absolute Gasteiger partial charge is 0.0683 e. The smallest absolute Gasteiger partial charge is 0.00544 e. The van der Waals surface area contributed by atoms with Crippen LogP contribution in [-0.2, 0) is 0 Å². The fourth-order valence-electron chi connectivity index (χ4n) is 2.53. The van der Waals surface area contributed by atoms with Crippen LogP contribution >= 0.6 is 0 Å². The van der Waals surface area contributed by atoms with Crippen LogP contribution in [0, 0.1) is 0 Å². The summed E-state index contributed by atoms with van der Waals surface area (Å²) < 4.78 is 0. The Morgan fingerprint density at radius 2 is 1.28 bits per heavy atom. The van der Waals surface area contributed by atoms with Crippen LogP contribution in [0.5, 0.6) is 0 Å². The molecule has 0 radical (unpaired) electrons. The van der Waals surface area contributed by atoms with Crippen LogP contribution in [0.25, 0.3) is 11.1 Å². The summed E-state index contributed by atoms with van der Waals surface area (Å²) in [4.78, 5) is 0. The third kappa shape index (κ3) is 2.02. The summed E-state index contributed by atoms with van der Waals surface area (Å²) in [5.41, 5.74) is 6.91. The molecule has 0 nitrogen and oxygen atoms in total. The van der Waals surface area contributed by atoms with E-state index in [0.717, 1.165) is 6.42 Å². The fraction of sp³-hybridized carbons (Fsp3) is 0.111. The molecule has 0 N–H and O–H groups in total. The molecule has 2 aromatic carbocycles. The lowest BCUT2D eigenvalue weighted by atomic mass is 9.96. The van der Waals surface area contributed by atoms with Crippen molar-refractivity contribution < 1.29 is 0 Å². The van der Waals surface area contributed by atoms with Crippen LogP contribution < -0.4 is 0 Å². The molecule has 0 amide bonds. The van der Waals surface area contributed by atoms with E-state index in [4.69, 9.17) is 0 Å². The maximum Gasteiger partial charge on any atom is -0.00544 e. The molecule has 3 rings (SSSR count). The molecule has 88 valence electrons. The van der Waals surface area contributed by atoms with E-state index in [1.165, 1.54) is 27.8 Å². The van der Waals surface area contributed by atoms with E-state index in [0.29, 0.717) is 0 Å². The van der Waals surface area contributed by atoms with E-state index in [2.05, 4.69) is 73.7 Å². The second-order valence-electron chi connectivity index (χ2n) is 4.79. The highest BCUT2D eigenvalue weighted by molar-refractivity contribution is 5.99. The first-order chi connectivity index (χ1) is 8.84. The molecule has 0 aromatic heterocycles. The molecule has 2 aromatic rings. The van der Waals surface area contributed by atoms with Crippen LogP contribution in [0.15, 0.2) is 72.3 Å². The summed E-state index contributed by atoms with van der Waals surface area (Å²) >= 11 is 0. The predicted octanol–water partition coefficient (Wildman–Crippen LogP) is 4.95. The van der Waals surface area contributed by atoms with Crippen LogP contribution in [0.1, 0.15) is 24.5 Å². The van der Waals surface area contributed by atoms with Crippen molar-refractivity contribution in [3.63, 3.8) is 0 Å². The Hall–Kier alpha value is -2.08. The first kappa shape index (κ1) is 11.0. The topological polar surface area (TPSA) is 0 Å².